The second-order valence-corrected chi connectivity index (χ2v) is 6.40. The lowest BCUT2D eigenvalue weighted by Crippen LogP contribution is -2.04. The summed E-state index contributed by atoms with van der Waals surface area (Å²) in [6.45, 7) is 0.145. The lowest BCUT2D eigenvalue weighted by molar-refractivity contribution is 0.287. The Morgan fingerprint density at radius 1 is 0.947 bits per heavy atom. The van der Waals surface area contributed by atoms with Crippen LogP contribution in [-0.2, 0) is 22.7 Å². The Bertz CT molecular complexity index is 588. The molecule has 0 bridgehead atoms. The summed E-state index contributed by atoms with van der Waals surface area (Å²) < 4.78 is 24.1. The number of sulfone groups is 1. The van der Waals surface area contributed by atoms with Gasteiger partial charge in [-0.05, 0) is 48.4 Å². The van der Waals surface area contributed by atoms with Crippen LogP contribution in [-0.4, -0.2) is 31.8 Å². The molecule has 0 atom stereocenters. The van der Waals surface area contributed by atoms with Gasteiger partial charge in [-0.25, -0.2) is 8.42 Å². The van der Waals surface area contributed by atoms with Crippen molar-refractivity contribution in [2.75, 3.05) is 13.2 Å². The summed E-state index contributed by atoms with van der Waals surface area (Å²) in [5.41, 5.74) is 2.47. The van der Waals surface area contributed by atoms with Gasteiger partial charge in [0.15, 0.2) is 0 Å². The van der Waals surface area contributed by atoms with Gasteiger partial charge in [0.2, 0.25) is 9.84 Å². The molecule has 0 saturated carbocycles. The second kappa shape index (κ2) is 5.86. The van der Waals surface area contributed by atoms with Crippen LogP contribution in [0.1, 0.15) is 29.5 Å². The highest BCUT2D eigenvalue weighted by Gasteiger charge is 2.26. The molecule has 0 aromatic heterocycles. The number of hydrogen-bond acceptors (Lipinski definition) is 4. The molecule has 1 aliphatic rings. The van der Waals surface area contributed by atoms with Crippen LogP contribution in [0.3, 0.4) is 0 Å². The number of aliphatic hydroxyl groups is 2. The fraction of sp³-hybridized carbons (Fsp3) is 0.429. The van der Waals surface area contributed by atoms with Crippen molar-refractivity contribution in [3.05, 3.63) is 34.2 Å². The lowest BCUT2D eigenvalue weighted by Gasteiger charge is -2.12. The highest BCUT2D eigenvalue weighted by molar-refractivity contribution is 7.94. The van der Waals surface area contributed by atoms with E-state index in [1.165, 1.54) is 5.41 Å². The van der Waals surface area contributed by atoms with E-state index in [0.717, 1.165) is 16.7 Å². The van der Waals surface area contributed by atoms with Gasteiger partial charge in [0.25, 0.3) is 0 Å². The van der Waals surface area contributed by atoms with Gasteiger partial charge in [0, 0.05) is 18.6 Å². The number of hydrogen-bond donors (Lipinski definition) is 2. The summed E-state index contributed by atoms with van der Waals surface area (Å²) in [4.78, 5) is 0.386. The van der Waals surface area contributed by atoms with E-state index in [0.29, 0.717) is 30.6 Å². The highest BCUT2D eigenvalue weighted by Crippen LogP contribution is 2.34. The Labute approximate surface area is 113 Å². The van der Waals surface area contributed by atoms with Gasteiger partial charge in [-0.1, -0.05) is 12.1 Å². The van der Waals surface area contributed by atoms with Crippen molar-refractivity contribution in [3.8, 4) is 0 Å². The normalized spacial score (nSPS) is 15.7. The van der Waals surface area contributed by atoms with Crippen molar-refractivity contribution in [2.45, 2.75) is 30.6 Å². The summed E-state index contributed by atoms with van der Waals surface area (Å²) in [6, 6.07) is 3.75. The SMILES string of the molecule is O=S1(=O)C=Cc2c(CCCO)ccc(CCCO)c21. The number of benzene rings is 1. The molecule has 1 aromatic carbocycles. The Hall–Kier alpha value is -1.17. The smallest absolute Gasteiger partial charge is 0.200 e. The van der Waals surface area contributed by atoms with Crippen molar-refractivity contribution < 1.29 is 18.6 Å². The van der Waals surface area contributed by atoms with Gasteiger partial charge in [0.05, 0.1) is 4.90 Å². The predicted molar refractivity (Wildman–Crippen MR) is 73.5 cm³/mol. The molecule has 0 spiro atoms. The fourth-order valence-corrected chi connectivity index (χ4v) is 3.88. The first kappa shape index (κ1) is 14.2. The van der Waals surface area contributed by atoms with Crippen LogP contribution in [0, 0.1) is 0 Å². The minimum atomic E-state index is -3.34. The summed E-state index contributed by atoms with van der Waals surface area (Å²) in [6.07, 6.45) is 4.03. The van der Waals surface area contributed by atoms with Gasteiger partial charge in [0.1, 0.15) is 0 Å². The molecule has 0 amide bonds. The molecule has 104 valence electrons. The van der Waals surface area contributed by atoms with E-state index in [9.17, 15) is 8.42 Å². The zero-order chi connectivity index (χ0) is 13.9. The Morgan fingerprint density at radius 2 is 1.53 bits per heavy atom. The van der Waals surface area contributed by atoms with Crippen molar-refractivity contribution >= 4 is 15.9 Å². The first-order valence-electron chi connectivity index (χ1n) is 6.40. The molecule has 0 aliphatic carbocycles. The maximum Gasteiger partial charge on any atom is 0.200 e. The van der Waals surface area contributed by atoms with Crippen molar-refractivity contribution in [1.29, 1.82) is 0 Å². The van der Waals surface area contributed by atoms with Crippen molar-refractivity contribution in [2.24, 2.45) is 0 Å². The van der Waals surface area contributed by atoms with E-state index >= 15 is 0 Å². The first-order valence-corrected chi connectivity index (χ1v) is 7.94. The number of aryl methyl sites for hydroxylation is 2. The molecular formula is C14H18O4S. The Balaban J connectivity index is 2.44. The average Bonchev–Trinajstić information content (AvgIpc) is 2.71. The second-order valence-electron chi connectivity index (χ2n) is 4.63. The molecule has 0 radical (unpaired) electrons. The maximum absolute atomic E-state index is 12.1. The van der Waals surface area contributed by atoms with Crippen LogP contribution in [0.5, 0.6) is 0 Å². The molecular weight excluding hydrogens is 264 g/mol. The third kappa shape index (κ3) is 2.88. The van der Waals surface area contributed by atoms with E-state index in [1.54, 1.807) is 6.08 Å². The Morgan fingerprint density at radius 3 is 2.16 bits per heavy atom. The van der Waals surface area contributed by atoms with Crippen LogP contribution in [0.4, 0.5) is 0 Å². The quantitative estimate of drug-likeness (QED) is 0.824. The molecule has 2 rings (SSSR count). The van der Waals surface area contributed by atoms with Crippen LogP contribution < -0.4 is 0 Å². The van der Waals surface area contributed by atoms with E-state index in [2.05, 4.69) is 0 Å². The van der Waals surface area contributed by atoms with Gasteiger partial charge < -0.3 is 10.2 Å². The summed E-state index contributed by atoms with van der Waals surface area (Å²) >= 11 is 0. The molecule has 0 fully saturated rings. The number of aliphatic hydroxyl groups excluding tert-OH is 2. The van der Waals surface area contributed by atoms with E-state index in [4.69, 9.17) is 10.2 Å². The fourth-order valence-electron chi connectivity index (χ4n) is 2.38. The van der Waals surface area contributed by atoms with Crippen LogP contribution in [0.15, 0.2) is 22.4 Å². The van der Waals surface area contributed by atoms with Crippen molar-refractivity contribution in [1.82, 2.24) is 0 Å². The topological polar surface area (TPSA) is 74.6 Å². The first-order chi connectivity index (χ1) is 9.10. The van der Waals surface area contributed by atoms with E-state index in [1.807, 2.05) is 12.1 Å². The predicted octanol–water partition coefficient (Wildman–Crippen LogP) is 1.29. The van der Waals surface area contributed by atoms with E-state index in [-0.39, 0.29) is 13.2 Å². The molecule has 5 heteroatoms. The van der Waals surface area contributed by atoms with Crippen LogP contribution in [0.2, 0.25) is 0 Å². The van der Waals surface area contributed by atoms with Gasteiger partial charge in [-0.3, -0.25) is 0 Å². The van der Waals surface area contributed by atoms with Crippen molar-refractivity contribution in [3.63, 3.8) is 0 Å². The van der Waals surface area contributed by atoms with Gasteiger partial charge in [-0.15, -0.1) is 0 Å². The zero-order valence-electron chi connectivity index (χ0n) is 10.7. The van der Waals surface area contributed by atoms with E-state index < -0.39 is 9.84 Å². The molecule has 4 nitrogen and oxygen atoms in total. The highest BCUT2D eigenvalue weighted by atomic mass is 32.2. The summed E-state index contributed by atoms with van der Waals surface area (Å²) in [5.74, 6) is 0. The number of fused-ring (bicyclic) bond motifs is 1. The average molecular weight is 282 g/mol. The third-order valence-electron chi connectivity index (χ3n) is 3.27. The molecule has 1 aliphatic heterocycles. The van der Waals surface area contributed by atoms with Crippen LogP contribution in [0.25, 0.3) is 6.08 Å². The summed E-state index contributed by atoms with van der Waals surface area (Å²) in [5, 5.41) is 19.0. The molecule has 0 saturated heterocycles. The summed E-state index contributed by atoms with van der Waals surface area (Å²) in [7, 11) is -3.34. The monoisotopic (exact) mass is 282 g/mol. The van der Waals surface area contributed by atoms with Gasteiger partial charge in [-0.2, -0.15) is 0 Å². The standard InChI is InChI=1S/C14H18O4S/c15-8-1-3-11-5-6-12(4-2-9-16)14-13(11)7-10-19(14,17)18/h5-7,10,15-16H,1-4,8-9H2. The third-order valence-corrected chi connectivity index (χ3v) is 4.82. The van der Waals surface area contributed by atoms with Crippen LogP contribution >= 0.6 is 0 Å². The lowest BCUT2D eigenvalue weighted by atomic mass is 9.98. The van der Waals surface area contributed by atoms with Gasteiger partial charge >= 0.3 is 0 Å². The molecule has 1 heterocycles. The number of rotatable bonds is 6. The maximum atomic E-state index is 12.1. The molecule has 0 unspecified atom stereocenters. The largest absolute Gasteiger partial charge is 0.396 e. The molecule has 19 heavy (non-hydrogen) atoms. The minimum Gasteiger partial charge on any atom is -0.396 e. The Kier molecular flexibility index (Phi) is 4.39. The minimum absolute atomic E-state index is 0.0501. The molecule has 1 aromatic rings. The zero-order valence-corrected chi connectivity index (χ0v) is 11.5. The molecule has 2 N–H and O–H groups in total.